The highest BCUT2D eigenvalue weighted by Crippen LogP contribution is 2.11. The number of aliphatic carboxylic acids is 1. The Morgan fingerprint density at radius 3 is 2.08 bits per heavy atom. The molecule has 0 aliphatic heterocycles. The maximum atomic E-state index is 10.2. The Balaban J connectivity index is 3.56. The Morgan fingerprint density at radius 2 is 1.50 bits per heavy atom. The van der Waals surface area contributed by atoms with E-state index in [0.29, 0.717) is 0 Å². The van der Waals surface area contributed by atoms with E-state index < -0.39 is 5.97 Å². The van der Waals surface area contributed by atoms with Crippen LogP contribution in [0, 0.1) is 0 Å². The van der Waals surface area contributed by atoms with Gasteiger partial charge in [-0.05, 0) is 25.7 Å². The van der Waals surface area contributed by atoms with Crippen molar-refractivity contribution in [2.75, 3.05) is 0 Å². The van der Waals surface area contributed by atoms with E-state index >= 15 is 0 Å². The van der Waals surface area contributed by atoms with Crippen molar-refractivity contribution in [1.82, 2.24) is 0 Å². The summed E-state index contributed by atoms with van der Waals surface area (Å²) in [6.07, 6.45) is 25.3. The van der Waals surface area contributed by atoms with E-state index in [0.717, 1.165) is 31.8 Å². The van der Waals surface area contributed by atoms with E-state index in [9.17, 15) is 4.79 Å². The van der Waals surface area contributed by atoms with E-state index in [1.165, 1.54) is 25.3 Å². The molecule has 0 saturated heterocycles. The summed E-state index contributed by atoms with van der Waals surface area (Å²) in [4.78, 5) is 14.6. The van der Waals surface area contributed by atoms with Gasteiger partial charge in [-0.15, -0.1) is 0 Å². The molecule has 0 aliphatic rings. The zero-order valence-corrected chi connectivity index (χ0v) is 14.5. The van der Waals surface area contributed by atoms with Gasteiger partial charge in [0.05, 0.1) is 6.10 Å². The van der Waals surface area contributed by atoms with Gasteiger partial charge in [0.15, 0.2) is 0 Å². The smallest absolute Gasteiger partial charge is 0.328 e. The van der Waals surface area contributed by atoms with Gasteiger partial charge in [-0.1, -0.05) is 80.9 Å². The molecule has 0 radical (unpaired) electrons. The fraction of sp³-hybridized carbons (Fsp3) is 0.450. The monoisotopic (exact) mass is 334 g/mol. The summed E-state index contributed by atoms with van der Waals surface area (Å²) in [6, 6.07) is 0. The molecule has 0 spiro atoms. The lowest BCUT2D eigenvalue weighted by Crippen LogP contribution is -2.08. The van der Waals surface area contributed by atoms with Crippen LogP contribution < -0.4 is 0 Å². The molecule has 0 bridgehead atoms. The normalized spacial score (nSPS) is 14.1. The molecule has 0 aromatic heterocycles. The summed E-state index contributed by atoms with van der Waals surface area (Å²) in [5.74, 6) is -0.946. The first-order valence-electron chi connectivity index (χ1n) is 8.57. The third-order valence-corrected chi connectivity index (χ3v) is 3.40. The van der Waals surface area contributed by atoms with Crippen molar-refractivity contribution in [2.24, 2.45) is 0 Å². The standard InChI is InChI=1S/C20H30O4/c1-2-19(24-23)17-15-13-11-9-7-5-3-4-6-8-10-12-14-16-18-20(21)22/h3-6,8,10,12,14,16,18-19,23H,2,7,9,11,13,15,17H2,1H3,(H,21,22). The molecule has 0 amide bonds. The quantitative estimate of drug-likeness (QED) is 0.145. The molecule has 0 aromatic carbocycles. The number of allylic oxidation sites excluding steroid dienone is 9. The van der Waals surface area contributed by atoms with Crippen LogP contribution in [0.1, 0.15) is 51.9 Å². The number of unbranched alkanes of at least 4 members (excludes halogenated alkanes) is 4. The number of hydrogen-bond donors (Lipinski definition) is 2. The van der Waals surface area contributed by atoms with Gasteiger partial charge < -0.3 is 5.11 Å². The van der Waals surface area contributed by atoms with Crippen LogP contribution in [0.4, 0.5) is 0 Å². The minimum Gasteiger partial charge on any atom is -0.478 e. The molecule has 0 aromatic rings. The summed E-state index contributed by atoms with van der Waals surface area (Å²) in [5.41, 5.74) is 0. The highest BCUT2D eigenvalue weighted by Gasteiger charge is 2.04. The lowest BCUT2D eigenvalue weighted by atomic mass is 10.1. The van der Waals surface area contributed by atoms with Crippen molar-refractivity contribution in [3.8, 4) is 0 Å². The topological polar surface area (TPSA) is 66.8 Å². The Labute approximate surface area is 145 Å². The van der Waals surface area contributed by atoms with Crippen LogP contribution in [0.5, 0.6) is 0 Å². The fourth-order valence-corrected chi connectivity index (χ4v) is 2.02. The number of carboxylic acids is 1. The van der Waals surface area contributed by atoms with Gasteiger partial charge in [-0.3, -0.25) is 5.26 Å². The predicted octanol–water partition coefficient (Wildman–Crippen LogP) is 5.46. The van der Waals surface area contributed by atoms with Crippen molar-refractivity contribution in [3.63, 3.8) is 0 Å². The van der Waals surface area contributed by atoms with Gasteiger partial charge in [0.1, 0.15) is 0 Å². The van der Waals surface area contributed by atoms with Crippen LogP contribution in [-0.2, 0) is 9.68 Å². The molecular formula is C20H30O4. The van der Waals surface area contributed by atoms with E-state index in [1.807, 2.05) is 37.3 Å². The van der Waals surface area contributed by atoms with E-state index in [2.05, 4.69) is 11.0 Å². The number of carboxylic acid groups (broad SMARTS) is 1. The van der Waals surface area contributed by atoms with E-state index in [4.69, 9.17) is 10.4 Å². The minimum absolute atomic E-state index is 0.00822. The van der Waals surface area contributed by atoms with Crippen molar-refractivity contribution in [3.05, 3.63) is 60.8 Å². The molecule has 4 heteroatoms. The average Bonchev–Trinajstić information content (AvgIpc) is 2.57. The van der Waals surface area contributed by atoms with Gasteiger partial charge >= 0.3 is 5.97 Å². The molecule has 2 N–H and O–H groups in total. The van der Waals surface area contributed by atoms with Crippen LogP contribution in [0.2, 0.25) is 0 Å². The minimum atomic E-state index is -0.946. The highest BCUT2D eigenvalue weighted by atomic mass is 17.1. The highest BCUT2D eigenvalue weighted by molar-refractivity contribution is 5.80. The van der Waals surface area contributed by atoms with E-state index in [1.54, 1.807) is 12.2 Å². The maximum absolute atomic E-state index is 10.2. The second-order valence-corrected chi connectivity index (χ2v) is 5.41. The van der Waals surface area contributed by atoms with Crippen LogP contribution in [0.3, 0.4) is 0 Å². The van der Waals surface area contributed by atoms with Crippen LogP contribution in [-0.4, -0.2) is 22.4 Å². The van der Waals surface area contributed by atoms with Gasteiger partial charge in [0.2, 0.25) is 0 Å². The Kier molecular flexibility index (Phi) is 16.1. The second-order valence-electron chi connectivity index (χ2n) is 5.41. The van der Waals surface area contributed by atoms with Crippen LogP contribution in [0.15, 0.2) is 60.8 Å². The van der Waals surface area contributed by atoms with Gasteiger partial charge in [-0.25, -0.2) is 9.68 Å². The average molecular weight is 334 g/mol. The summed E-state index contributed by atoms with van der Waals surface area (Å²) in [6.45, 7) is 2.02. The Morgan fingerprint density at radius 1 is 0.917 bits per heavy atom. The van der Waals surface area contributed by atoms with Gasteiger partial charge in [-0.2, -0.15) is 0 Å². The molecule has 1 unspecified atom stereocenters. The first-order valence-corrected chi connectivity index (χ1v) is 8.57. The Hall–Kier alpha value is -1.91. The zero-order valence-electron chi connectivity index (χ0n) is 14.5. The fourth-order valence-electron chi connectivity index (χ4n) is 2.02. The third-order valence-electron chi connectivity index (χ3n) is 3.40. The molecule has 1 atom stereocenters. The summed E-state index contributed by atoms with van der Waals surface area (Å²) in [7, 11) is 0. The van der Waals surface area contributed by atoms with Gasteiger partial charge in [0.25, 0.3) is 0 Å². The van der Waals surface area contributed by atoms with Crippen molar-refractivity contribution >= 4 is 5.97 Å². The molecule has 0 saturated carbocycles. The first kappa shape index (κ1) is 22.1. The molecule has 4 nitrogen and oxygen atoms in total. The lowest BCUT2D eigenvalue weighted by molar-refractivity contribution is -0.280. The molecule has 134 valence electrons. The van der Waals surface area contributed by atoms with Gasteiger partial charge in [0, 0.05) is 6.08 Å². The third kappa shape index (κ3) is 16.5. The van der Waals surface area contributed by atoms with Crippen molar-refractivity contribution in [1.29, 1.82) is 0 Å². The first-order chi connectivity index (χ1) is 11.7. The summed E-state index contributed by atoms with van der Waals surface area (Å²) in [5, 5.41) is 17.0. The summed E-state index contributed by atoms with van der Waals surface area (Å²) < 4.78 is 0. The number of carbonyl (C=O) groups is 1. The molecule has 0 aliphatic carbocycles. The van der Waals surface area contributed by atoms with Crippen molar-refractivity contribution < 1.29 is 20.0 Å². The SMILES string of the molecule is CCC(CCCCCCC=CC=CC=CC=CC=CC(=O)O)OO. The van der Waals surface area contributed by atoms with Crippen molar-refractivity contribution in [2.45, 2.75) is 58.0 Å². The molecule has 0 fully saturated rings. The molecular weight excluding hydrogens is 304 g/mol. The largest absolute Gasteiger partial charge is 0.478 e. The maximum Gasteiger partial charge on any atom is 0.328 e. The molecule has 0 rings (SSSR count). The molecule has 24 heavy (non-hydrogen) atoms. The zero-order chi connectivity index (χ0) is 17.9. The van der Waals surface area contributed by atoms with E-state index in [-0.39, 0.29) is 6.10 Å². The number of rotatable bonds is 14. The van der Waals surface area contributed by atoms with Crippen LogP contribution in [0.25, 0.3) is 0 Å². The van der Waals surface area contributed by atoms with Crippen LogP contribution >= 0.6 is 0 Å². The predicted molar refractivity (Wildman–Crippen MR) is 98.8 cm³/mol. The second kappa shape index (κ2) is 17.4. The number of hydrogen-bond acceptors (Lipinski definition) is 3. The lowest BCUT2D eigenvalue weighted by Gasteiger charge is -2.09. The molecule has 0 heterocycles. The summed E-state index contributed by atoms with van der Waals surface area (Å²) >= 11 is 0. The Bertz CT molecular complexity index is 441.